The molecule has 0 saturated carbocycles. The highest BCUT2D eigenvalue weighted by molar-refractivity contribution is 5.46. The van der Waals surface area contributed by atoms with Gasteiger partial charge >= 0.3 is 6.18 Å². The van der Waals surface area contributed by atoms with Crippen molar-refractivity contribution in [1.29, 1.82) is 0 Å². The molecule has 0 radical (unpaired) electrons. The van der Waals surface area contributed by atoms with Gasteiger partial charge in [0.25, 0.3) is 0 Å². The molecule has 92 valence electrons. The number of hydrogen-bond donors (Lipinski definition) is 1. The highest BCUT2D eigenvalue weighted by Gasteiger charge is 2.28. The SMILES string of the molecule is NCC#Cc1ccc(F)cc1OCC(F)(F)F. The van der Waals surface area contributed by atoms with Crippen molar-refractivity contribution in [3.05, 3.63) is 29.6 Å². The molecule has 2 N–H and O–H groups in total. The van der Waals surface area contributed by atoms with E-state index in [1.807, 2.05) is 0 Å². The summed E-state index contributed by atoms with van der Waals surface area (Å²) in [6.07, 6.45) is -4.48. The van der Waals surface area contributed by atoms with Gasteiger partial charge in [-0.05, 0) is 12.1 Å². The number of halogens is 4. The van der Waals surface area contributed by atoms with Crippen molar-refractivity contribution in [2.75, 3.05) is 13.2 Å². The highest BCUT2D eigenvalue weighted by atomic mass is 19.4. The summed E-state index contributed by atoms with van der Waals surface area (Å²) in [5.41, 5.74) is 5.30. The van der Waals surface area contributed by atoms with Crippen molar-refractivity contribution in [3.8, 4) is 17.6 Å². The zero-order valence-electron chi connectivity index (χ0n) is 8.64. The fourth-order valence-electron chi connectivity index (χ4n) is 1.02. The van der Waals surface area contributed by atoms with Crippen LogP contribution in [0.4, 0.5) is 17.6 Å². The molecule has 17 heavy (non-hydrogen) atoms. The van der Waals surface area contributed by atoms with Gasteiger partial charge in [0, 0.05) is 6.07 Å². The van der Waals surface area contributed by atoms with Gasteiger partial charge in [0.1, 0.15) is 11.6 Å². The molecular formula is C11H9F4NO. The normalized spacial score (nSPS) is 10.6. The Morgan fingerprint density at radius 3 is 2.59 bits per heavy atom. The lowest BCUT2D eigenvalue weighted by Gasteiger charge is -2.10. The molecule has 1 rings (SSSR count). The molecule has 1 aromatic carbocycles. The summed E-state index contributed by atoms with van der Waals surface area (Å²) in [5.74, 6) is 4.02. The van der Waals surface area contributed by atoms with E-state index in [1.165, 1.54) is 6.07 Å². The number of alkyl halides is 3. The maximum Gasteiger partial charge on any atom is 0.422 e. The summed E-state index contributed by atoms with van der Waals surface area (Å²) in [5, 5.41) is 0. The van der Waals surface area contributed by atoms with Crippen LogP contribution < -0.4 is 10.5 Å². The van der Waals surface area contributed by atoms with E-state index in [0.29, 0.717) is 0 Å². The van der Waals surface area contributed by atoms with Gasteiger partial charge in [0.05, 0.1) is 12.1 Å². The fourth-order valence-corrected chi connectivity index (χ4v) is 1.02. The molecule has 0 atom stereocenters. The van der Waals surface area contributed by atoms with Crippen LogP contribution in [0.15, 0.2) is 18.2 Å². The largest absolute Gasteiger partial charge is 0.483 e. The lowest BCUT2D eigenvalue weighted by atomic mass is 10.2. The second-order valence-electron chi connectivity index (χ2n) is 3.05. The van der Waals surface area contributed by atoms with Crippen LogP contribution in [0.5, 0.6) is 5.75 Å². The standard InChI is InChI=1S/C11H9F4NO/c12-9-4-3-8(2-1-5-16)10(6-9)17-7-11(13,14)15/h3-4,6H,5,7,16H2. The molecule has 0 heterocycles. The molecule has 0 fully saturated rings. The molecule has 0 saturated heterocycles. The second-order valence-corrected chi connectivity index (χ2v) is 3.05. The van der Waals surface area contributed by atoms with Crippen molar-refractivity contribution in [2.24, 2.45) is 5.73 Å². The van der Waals surface area contributed by atoms with E-state index in [1.54, 1.807) is 0 Å². The first-order valence-corrected chi connectivity index (χ1v) is 4.60. The molecule has 1 aromatic rings. The third kappa shape index (κ3) is 4.74. The van der Waals surface area contributed by atoms with Gasteiger partial charge in [-0.1, -0.05) is 11.8 Å². The smallest absolute Gasteiger partial charge is 0.422 e. The van der Waals surface area contributed by atoms with Gasteiger partial charge in [-0.3, -0.25) is 0 Å². The fraction of sp³-hybridized carbons (Fsp3) is 0.273. The van der Waals surface area contributed by atoms with Crippen LogP contribution >= 0.6 is 0 Å². The third-order valence-electron chi connectivity index (χ3n) is 1.66. The Labute approximate surface area is 95.4 Å². The maximum absolute atomic E-state index is 12.9. The molecule has 2 nitrogen and oxygen atoms in total. The van der Waals surface area contributed by atoms with Crippen molar-refractivity contribution in [1.82, 2.24) is 0 Å². The lowest BCUT2D eigenvalue weighted by molar-refractivity contribution is -0.153. The van der Waals surface area contributed by atoms with Gasteiger partial charge in [0.15, 0.2) is 6.61 Å². The van der Waals surface area contributed by atoms with Gasteiger partial charge < -0.3 is 10.5 Å². The first kappa shape index (κ1) is 13.3. The first-order chi connectivity index (χ1) is 7.92. The Kier molecular flexibility index (Phi) is 4.35. The molecule has 0 aromatic heterocycles. The van der Waals surface area contributed by atoms with Crippen LogP contribution in [-0.4, -0.2) is 19.3 Å². The summed E-state index contributed by atoms with van der Waals surface area (Å²) in [7, 11) is 0. The van der Waals surface area contributed by atoms with Gasteiger partial charge in [-0.2, -0.15) is 13.2 Å². The van der Waals surface area contributed by atoms with Gasteiger partial charge in [0.2, 0.25) is 0 Å². The van der Waals surface area contributed by atoms with E-state index in [9.17, 15) is 17.6 Å². The average molecular weight is 247 g/mol. The van der Waals surface area contributed by atoms with Crippen molar-refractivity contribution < 1.29 is 22.3 Å². The Balaban J connectivity index is 2.91. The molecule has 0 aliphatic heterocycles. The molecule has 0 aliphatic carbocycles. The highest BCUT2D eigenvalue weighted by Crippen LogP contribution is 2.22. The Morgan fingerprint density at radius 2 is 2.00 bits per heavy atom. The molecule has 0 aliphatic rings. The zero-order valence-corrected chi connectivity index (χ0v) is 8.64. The van der Waals surface area contributed by atoms with Crippen LogP contribution in [0.1, 0.15) is 5.56 Å². The summed E-state index contributed by atoms with van der Waals surface area (Å²) < 4.78 is 53.2. The Bertz CT molecular complexity index is 445. The van der Waals surface area contributed by atoms with Crippen molar-refractivity contribution in [3.63, 3.8) is 0 Å². The number of benzene rings is 1. The van der Waals surface area contributed by atoms with Crippen molar-refractivity contribution in [2.45, 2.75) is 6.18 Å². The minimum atomic E-state index is -4.48. The predicted molar refractivity (Wildman–Crippen MR) is 53.9 cm³/mol. The quantitative estimate of drug-likeness (QED) is 0.641. The topological polar surface area (TPSA) is 35.2 Å². The van der Waals surface area contributed by atoms with E-state index >= 15 is 0 Å². The van der Waals surface area contributed by atoms with E-state index in [-0.39, 0.29) is 17.9 Å². The minimum absolute atomic E-state index is 0.0517. The van der Waals surface area contributed by atoms with E-state index in [0.717, 1.165) is 12.1 Å². The molecule has 0 amide bonds. The van der Waals surface area contributed by atoms with Crippen LogP contribution in [0.3, 0.4) is 0 Å². The molecule has 0 bridgehead atoms. The number of rotatable bonds is 2. The minimum Gasteiger partial charge on any atom is -0.483 e. The summed E-state index contributed by atoms with van der Waals surface area (Å²) >= 11 is 0. The molecule has 0 spiro atoms. The van der Waals surface area contributed by atoms with Gasteiger partial charge in [-0.25, -0.2) is 4.39 Å². The number of hydrogen-bond acceptors (Lipinski definition) is 2. The van der Waals surface area contributed by atoms with E-state index < -0.39 is 18.6 Å². The third-order valence-corrected chi connectivity index (χ3v) is 1.66. The summed E-state index contributed by atoms with van der Waals surface area (Å²) in [6.45, 7) is -1.44. The van der Waals surface area contributed by atoms with E-state index in [2.05, 4.69) is 16.6 Å². The monoisotopic (exact) mass is 247 g/mol. The first-order valence-electron chi connectivity index (χ1n) is 4.60. The second kappa shape index (κ2) is 5.55. The zero-order chi connectivity index (χ0) is 12.9. The lowest BCUT2D eigenvalue weighted by Crippen LogP contribution is -2.19. The predicted octanol–water partition coefficient (Wildman–Crippen LogP) is 2.08. The van der Waals surface area contributed by atoms with Crippen LogP contribution in [0.2, 0.25) is 0 Å². The summed E-state index contributed by atoms with van der Waals surface area (Å²) in [4.78, 5) is 0. The number of ether oxygens (including phenoxy) is 1. The van der Waals surface area contributed by atoms with E-state index in [4.69, 9.17) is 5.73 Å². The van der Waals surface area contributed by atoms with Gasteiger partial charge in [-0.15, -0.1) is 0 Å². The van der Waals surface area contributed by atoms with Crippen LogP contribution in [0.25, 0.3) is 0 Å². The Morgan fingerprint density at radius 1 is 1.29 bits per heavy atom. The molecule has 0 unspecified atom stereocenters. The average Bonchev–Trinajstić information content (AvgIpc) is 2.24. The van der Waals surface area contributed by atoms with Crippen LogP contribution in [0, 0.1) is 17.7 Å². The summed E-state index contributed by atoms with van der Waals surface area (Å²) in [6, 6.07) is 3.18. The van der Waals surface area contributed by atoms with Crippen molar-refractivity contribution >= 4 is 0 Å². The Hall–Kier alpha value is -1.74. The number of nitrogens with two attached hydrogens (primary N) is 1. The maximum atomic E-state index is 12.9. The molecular weight excluding hydrogens is 238 g/mol. The molecule has 6 heteroatoms. The van der Waals surface area contributed by atoms with Crippen LogP contribution in [-0.2, 0) is 0 Å².